The molecule has 1 fully saturated rings. The number of anilines is 2. The molecule has 0 radical (unpaired) electrons. The van der Waals surface area contributed by atoms with Crippen molar-refractivity contribution in [3.05, 3.63) is 82.9 Å². The third-order valence-corrected chi connectivity index (χ3v) is 8.13. The number of amides is 2. The van der Waals surface area contributed by atoms with E-state index in [0.29, 0.717) is 11.4 Å². The predicted octanol–water partition coefficient (Wildman–Crippen LogP) is 6.76. The molecule has 0 saturated carbocycles. The molecule has 2 N–H and O–H groups in total. The Bertz CT molecular complexity index is 1430. The highest BCUT2D eigenvalue weighted by molar-refractivity contribution is 7.92. The fourth-order valence-electron chi connectivity index (χ4n) is 5.58. The van der Waals surface area contributed by atoms with Crippen LogP contribution in [0, 0.1) is 20.8 Å². The van der Waals surface area contributed by atoms with E-state index >= 15 is 0 Å². The van der Waals surface area contributed by atoms with Gasteiger partial charge in [-0.25, -0.2) is 13.2 Å². The molecule has 0 bridgehead atoms. The summed E-state index contributed by atoms with van der Waals surface area (Å²) in [5.74, 6) is 1.35. The lowest BCUT2D eigenvalue weighted by atomic mass is 10.0. The molecule has 3 aromatic carbocycles. The number of ether oxygens (including phenoxy) is 1. The molecule has 1 aliphatic heterocycles. The van der Waals surface area contributed by atoms with Crippen molar-refractivity contribution in [2.45, 2.75) is 66.0 Å². The van der Waals surface area contributed by atoms with Crippen molar-refractivity contribution in [1.82, 2.24) is 10.2 Å². The minimum atomic E-state index is -3.31. The average Bonchev–Trinajstić information content (AvgIpc) is 2.92. The van der Waals surface area contributed by atoms with E-state index in [9.17, 15) is 13.2 Å². The molecule has 1 saturated heterocycles. The molecular formula is C33H44N4O4S. The largest absolute Gasteiger partial charge is 0.457 e. The first kappa shape index (κ1) is 31.4. The Labute approximate surface area is 251 Å². The molecule has 0 spiro atoms. The van der Waals surface area contributed by atoms with Gasteiger partial charge in [0.25, 0.3) is 0 Å². The number of piperidine rings is 1. The highest BCUT2D eigenvalue weighted by Gasteiger charge is 2.25. The smallest absolute Gasteiger partial charge is 0.322 e. The second kappa shape index (κ2) is 14.1. The molecule has 0 aromatic heterocycles. The van der Waals surface area contributed by atoms with Gasteiger partial charge in [-0.1, -0.05) is 43.2 Å². The van der Waals surface area contributed by atoms with E-state index in [1.165, 1.54) is 11.1 Å². The molecule has 1 aliphatic rings. The van der Waals surface area contributed by atoms with Crippen LogP contribution in [0.5, 0.6) is 11.5 Å². The molecule has 0 unspecified atom stereocenters. The number of rotatable bonds is 11. The van der Waals surface area contributed by atoms with Crippen LogP contribution in [0.25, 0.3) is 0 Å². The van der Waals surface area contributed by atoms with Crippen LogP contribution in [0.2, 0.25) is 0 Å². The van der Waals surface area contributed by atoms with Gasteiger partial charge in [0.05, 0.1) is 11.9 Å². The summed E-state index contributed by atoms with van der Waals surface area (Å²) in [4.78, 5) is 17.9. The van der Waals surface area contributed by atoms with Crippen molar-refractivity contribution in [3.8, 4) is 11.5 Å². The first-order valence-corrected chi connectivity index (χ1v) is 16.6. The zero-order valence-electron chi connectivity index (χ0n) is 25.4. The zero-order valence-corrected chi connectivity index (χ0v) is 26.3. The van der Waals surface area contributed by atoms with Crippen LogP contribution >= 0.6 is 0 Å². The monoisotopic (exact) mass is 592 g/mol. The normalized spacial score (nSPS) is 14.4. The summed E-state index contributed by atoms with van der Waals surface area (Å²) < 4.78 is 31.1. The van der Waals surface area contributed by atoms with Gasteiger partial charge in [-0.2, -0.15) is 0 Å². The van der Waals surface area contributed by atoms with E-state index in [2.05, 4.69) is 66.9 Å². The standard InChI is InChI=1S/C33H44N4O4S/c1-6-7-18-37(32-25(3)21-24(2)22-26(32)4)33(38)34-28-16-19-36(20-17-28)23-27-8-12-30(13-9-27)41-31-14-10-29(11-15-31)35-42(5,39)40/h8-15,21-22,28,35H,6-7,16-20,23H2,1-5H3,(H,34,38). The van der Waals surface area contributed by atoms with Crippen molar-refractivity contribution in [1.29, 1.82) is 0 Å². The van der Waals surface area contributed by atoms with E-state index in [4.69, 9.17) is 4.74 Å². The number of carbonyl (C=O) groups excluding carboxylic acids is 1. The number of urea groups is 1. The summed E-state index contributed by atoms with van der Waals surface area (Å²) in [5, 5.41) is 3.33. The molecule has 42 heavy (non-hydrogen) atoms. The Morgan fingerprint density at radius 3 is 2.07 bits per heavy atom. The van der Waals surface area contributed by atoms with Gasteiger partial charge in [0, 0.05) is 37.9 Å². The van der Waals surface area contributed by atoms with Gasteiger partial charge in [-0.05, 0) is 93.1 Å². The molecule has 3 aromatic rings. The summed E-state index contributed by atoms with van der Waals surface area (Å²) in [6.07, 6.45) is 4.97. The topological polar surface area (TPSA) is 91.0 Å². The lowest BCUT2D eigenvalue weighted by Gasteiger charge is -2.34. The zero-order chi connectivity index (χ0) is 30.3. The van der Waals surface area contributed by atoms with Crippen LogP contribution in [0.3, 0.4) is 0 Å². The first-order chi connectivity index (χ1) is 20.0. The van der Waals surface area contributed by atoms with Crippen molar-refractivity contribution in [2.75, 3.05) is 35.5 Å². The fraction of sp³-hybridized carbons (Fsp3) is 0.424. The maximum absolute atomic E-state index is 13.5. The number of hydrogen-bond donors (Lipinski definition) is 2. The Kier molecular flexibility index (Phi) is 10.5. The summed E-state index contributed by atoms with van der Waals surface area (Å²) >= 11 is 0. The van der Waals surface area contributed by atoms with Gasteiger partial charge in [-0.15, -0.1) is 0 Å². The SMILES string of the molecule is CCCCN(C(=O)NC1CCN(Cc2ccc(Oc3ccc(NS(C)(=O)=O)cc3)cc2)CC1)c1c(C)cc(C)cc1C. The van der Waals surface area contributed by atoms with Gasteiger partial charge < -0.3 is 10.1 Å². The quantitative estimate of drug-likeness (QED) is 0.257. The van der Waals surface area contributed by atoms with E-state index in [1.54, 1.807) is 24.3 Å². The highest BCUT2D eigenvalue weighted by Crippen LogP contribution is 2.28. The van der Waals surface area contributed by atoms with Gasteiger partial charge in [0.15, 0.2) is 0 Å². The van der Waals surface area contributed by atoms with Crippen LogP contribution < -0.4 is 19.7 Å². The Hall–Kier alpha value is -3.56. The second-order valence-corrected chi connectivity index (χ2v) is 13.1. The van der Waals surface area contributed by atoms with Crippen LogP contribution in [0.1, 0.15) is 54.9 Å². The molecule has 8 nitrogen and oxygen atoms in total. The van der Waals surface area contributed by atoms with Gasteiger partial charge in [0.2, 0.25) is 10.0 Å². The molecule has 9 heteroatoms. The van der Waals surface area contributed by atoms with Crippen LogP contribution in [0.15, 0.2) is 60.7 Å². The fourth-order valence-corrected chi connectivity index (χ4v) is 6.14. The maximum Gasteiger partial charge on any atom is 0.322 e. The predicted molar refractivity (Wildman–Crippen MR) is 171 cm³/mol. The molecule has 4 rings (SSSR count). The van der Waals surface area contributed by atoms with Crippen LogP contribution in [-0.4, -0.2) is 51.3 Å². The van der Waals surface area contributed by atoms with Gasteiger partial charge >= 0.3 is 6.03 Å². The Morgan fingerprint density at radius 2 is 1.52 bits per heavy atom. The van der Waals surface area contributed by atoms with Gasteiger partial charge in [-0.3, -0.25) is 14.5 Å². The molecule has 226 valence electrons. The molecular weight excluding hydrogens is 548 g/mol. The average molecular weight is 593 g/mol. The lowest BCUT2D eigenvalue weighted by molar-refractivity contribution is 0.188. The third kappa shape index (κ3) is 8.97. The number of hydrogen-bond acceptors (Lipinski definition) is 5. The minimum absolute atomic E-state index is 0.00819. The van der Waals surface area contributed by atoms with Crippen molar-refractivity contribution >= 4 is 27.4 Å². The number of likely N-dealkylation sites (tertiary alicyclic amines) is 1. The molecule has 1 heterocycles. The van der Waals surface area contributed by atoms with Crippen LogP contribution in [0.4, 0.5) is 16.2 Å². The van der Waals surface area contributed by atoms with Crippen molar-refractivity contribution in [2.24, 2.45) is 0 Å². The lowest BCUT2D eigenvalue weighted by Crippen LogP contribution is -2.49. The number of sulfonamides is 1. The van der Waals surface area contributed by atoms with Crippen molar-refractivity contribution in [3.63, 3.8) is 0 Å². The molecule has 0 atom stereocenters. The summed E-state index contributed by atoms with van der Waals surface area (Å²) in [5.41, 5.74) is 6.24. The number of aryl methyl sites for hydroxylation is 3. The highest BCUT2D eigenvalue weighted by atomic mass is 32.2. The maximum atomic E-state index is 13.5. The summed E-state index contributed by atoms with van der Waals surface area (Å²) in [7, 11) is -3.31. The number of benzene rings is 3. The first-order valence-electron chi connectivity index (χ1n) is 14.7. The Balaban J connectivity index is 1.27. The van der Waals surface area contributed by atoms with E-state index in [0.717, 1.165) is 80.7 Å². The van der Waals surface area contributed by atoms with Gasteiger partial charge in [0.1, 0.15) is 11.5 Å². The summed E-state index contributed by atoms with van der Waals surface area (Å²) in [6, 6.07) is 19.3. The number of nitrogens with one attached hydrogen (secondary N) is 2. The number of unbranched alkanes of at least 4 members (excludes halogenated alkanes) is 1. The minimum Gasteiger partial charge on any atom is -0.457 e. The summed E-state index contributed by atoms with van der Waals surface area (Å²) in [6.45, 7) is 11.9. The molecule has 2 amide bonds. The van der Waals surface area contributed by atoms with E-state index in [-0.39, 0.29) is 12.1 Å². The Morgan fingerprint density at radius 1 is 0.952 bits per heavy atom. The van der Waals surface area contributed by atoms with Crippen LogP contribution in [-0.2, 0) is 16.6 Å². The number of carbonyl (C=O) groups is 1. The van der Waals surface area contributed by atoms with E-state index < -0.39 is 10.0 Å². The van der Waals surface area contributed by atoms with E-state index in [1.807, 2.05) is 17.0 Å². The molecule has 0 aliphatic carbocycles. The second-order valence-electron chi connectivity index (χ2n) is 11.4. The third-order valence-electron chi connectivity index (χ3n) is 7.52. The number of nitrogens with zero attached hydrogens (tertiary/aromatic N) is 2. The van der Waals surface area contributed by atoms with Crippen molar-refractivity contribution < 1.29 is 17.9 Å².